The normalized spacial score (nSPS) is 16.6. The zero-order valence-corrected chi connectivity index (χ0v) is 14.9. The zero-order valence-electron chi connectivity index (χ0n) is 14.1. The Morgan fingerprint density at radius 2 is 2.04 bits per heavy atom. The fraction of sp³-hybridized carbons (Fsp3) is 0.588. The predicted octanol–water partition coefficient (Wildman–Crippen LogP) is 2.93. The van der Waals surface area contributed by atoms with Crippen LogP contribution in [0.3, 0.4) is 0 Å². The Hall–Kier alpha value is -1.46. The fourth-order valence-electron chi connectivity index (χ4n) is 3.37. The van der Waals surface area contributed by atoms with Crippen molar-refractivity contribution in [1.29, 1.82) is 0 Å². The standard InChI is InChI=1S/C17H26ClN3O2/c1-21(2)17(6-4-5-7-17)8-9-20-16(22)12-10-13(18)14(19)11-15(12)23-3/h10-11H,4-9,19H2,1-3H3,(H,20,22). The molecule has 1 saturated carbocycles. The summed E-state index contributed by atoms with van der Waals surface area (Å²) in [6, 6.07) is 3.14. The molecule has 0 heterocycles. The van der Waals surface area contributed by atoms with Gasteiger partial charge in [0, 0.05) is 18.2 Å². The van der Waals surface area contributed by atoms with Gasteiger partial charge in [-0.3, -0.25) is 4.79 Å². The minimum atomic E-state index is -0.185. The van der Waals surface area contributed by atoms with E-state index in [2.05, 4.69) is 24.3 Å². The van der Waals surface area contributed by atoms with E-state index in [0.29, 0.717) is 28.6 Å². The number of hydrogen-bond donors (Lipinski definition) is 2. The van der Waals surface area contributed by atoms with Crippen molar-refractivity contribution in [3.8, 4) is 5.75 Å². The van der Waals surface area contributed by atoms with Gasteiger partial charge in [-0.15, -0.1) is 0 Å². The maximum atomic E-state index is 12.4. The first-order chi connectivity index (χ1) is 10.9. The Bertz CT molecular complexity index is 569. The van der Waals surface area contributed by atoms with Crippen molar-refractivity contribution in [2.24, 2.45) is 0 Å². The molecule has 1 amide bonds. The summed E-state index contributed by atoms with van der Waals surface area (Å²) in [4.78, 5) is 14.7. The number of nitrogens with zero attached hydrogens (tertiary/aromatic N) is 1. The smallest absolute Gasteiger partial charge is 0.255 e. The van der Waals surface area contributed by atoms with Crippen molar-refractivity contribution in [2.45, 2.75) is 37.6 Å². The van der Waals surface area contributed by atoms with Crippen molar-refractivity contribution < 1.29 is 9.53 Å². The van der Waals surface area contributed by atoms with Crippen molar-refractivity contribution in [3.05, 3.63) is 22.7 Å². The van der Waals surface area contributed by atoms with Gasteiger partial charge in [0.1, 0.15) is 5.75 Å². The number of nitrogens with one attached hydrogen (secondary N) is 1. The number of amides is 1. The van der Waals surface area contributed by atoms with E-state index in [0.717, 1.165) is 6.42 Å². The summed E-state index contributed by atoms with van der Waals surface area (Å²) in [6.07, 6.45) is 5.83. The molecule has 6 heteroatoms. The molecule has 2 rings (SSSR count). The number of halogens is 1. The van der Waals surface area contributed by atoms with Gasteiger partial charge in [-0.25, -0.2) is 0 Å². The van der Waals surface area contributed by atoms with Gasteiger partial charge in [-0.2, -0.15) is 0 Å². The Labute approximate surface area is 143 Å². The topological polar surface area (TPSA) is 67.6 Å². The van der Waals surface area contributed by atoms with Gasteiger partial charge in [-0.1, -0.05) is 24.4 Å². The molecule has 0 radical (unpaired) electrons. The fourth-order valence-corrected chi connectivity index (χ4v) is 3.54. The first-order valence-corrected chi connectivity index (χ1v) is 8.36. The highest BCUT2D eigenvalue weighted by Gasteiger charge is 2.35. The third-order valence-electron chi connectivity index (χ3n) is 4.92. The number of rotatable bonds is 6. The third-order valence-corrected chi connectivity index (χ3v) is 5.25. The predicted molar refractivity (Wildman–Crippen MR) is 94.3 cm³/mol. The van der Waals surface area contributed by atoms with E-state index in [1.54, 1.807) is 12.1 Å². The molecule has 0 aromatic heterocycles. The molecule has 1 aliphatic carbocycles. The monoisotopic (exact) mass is 339 g/mol. The molecular weight excluding hydrogens is 314 g/mol. The van der Waals surface area contributed by atoms with Gasteiger partial charge in [0.2, 0.25) is 0 Å². The van der Waals surface area contributed by atoms with E-state index >= 15 is 0 Å². The average molecular weight is 340 g/mol. The molecule has 1 aromatic rings. The van der Waals surface area contributed by atoms with E-state index in [1.807, 2.05) is 0 Å². The molecule has 0 aliphatic heterocycles. The molecule has 1 aromatic carbocycles. The van der Waals surface area contributed by atoms with Crippen molar-refractivity contribution in [1.82, 2.24) is 10.2 Å². The molecule has 1 fully saturated rings. The Morgan fingerprint density at radius 3 is 2.61 bits per heavy atom. The molecular formula is C17H26ClN3O2. The summed E-state index contributed by atoms with van der Waals surface area (Å²) in [6.45, 7) is 0.627. The van der Waals surface area contributed by atoms with Gasteiger partial charge in [0.25, 0.3) is 5.91 Å². The number of carbonyl (C=O) groups excluding carboxylic acids is 1. The first-order valence-electron chi connectivity index (χ1n) is 7.98. The Kier molecular flexibility index (Phi) is 5.76. The number of nitrogen functional groups attached to an aromatic ring is 1. The highest BCUT2D eigenvalue weighted by Crippen LogP contribution is 2.36. The average Bonchev–Trinajstić information content (AvgIpc) is 2.99. The molecule has 0 unspecified atom stereocenters. The van der Waals surface area contributed by atoms with E-state index in [4.69, 9.17) is 22.1 Å². The van der Waals surface area contributed by atoms with Crippen LogP contribution in [0.2, 0.25) is 5.02 Å². The number of anilines is 1. The lowest BCUT2D eigenvalue weighted by Gasteiger charge is -2.36. The summed E-state index contributed by atoms with van der Waals surface area (Å²) in [5.74, 6) is 0.253. The van der Waals surface area contributed by atoms with E-state index in [1.165, 1.54) is 32.8 Å². The van der Waals surface area contributed by atoms with Gasteiger partial charge in [0.15, 0.2) is 0 Å². The minimum Gasteiger partial charge on any atom is -0.496 e. The third kappa shape index (κ3) is 3.90. The van der Waals surface area contributed by atoms with Crippen LogP contribution < -0.4 is 15.8 Å². The van der Waals surface area contributed by atoms with E-state index < -0.39 is 0 Å². The van der Waals surface area contributed by atoms with Gasteiger partial charge >= 0.3 is 0 Å². The molecule has 0 atom stereocenters. The zero-order chi connectivity index (χ0) is 17.0. The van der Waals surface area contributed by atoms with Crippen LogP contribution in [-0.2, 0) is 0 Å². The second kappa shape index (κ2) is 7.41. The van der Waals surface area contributed by atoms with Crippen molar-refractivity contribution in [3.63, 3.8) is 0 Å². The highest BCUT2D eigenvalue weighted by atomic mass is 35.5. The second-order valence-electron chi connectivity index (χ2n) is 6.41. The molecule has 1 aliphatic rings. The minimum absolute atomic E-state index is 0.185. The number of methoxy groups -OCH3 is 1. The van der Waals surface area contributed by atoms with Crippen LogP contribution in [0.4, 0.5) is 5.69 Å². The molecule has 5 nitrogen and oxygen atoms in total. The SMILES string of the molecule is COc1cc(N)c(Cl)cc1C(=O)NCCC1(N(C)C)CCCC1. The summed E-state index contributed by atoms with van der Waals surface area (Å²) in [5.41, 5.74) is 6.77. The van der Waals surface area contributed by atoms with Crippen LogP contribution in [0.1, 0.15) is 42.5 Å². The lowest BCUT2D eigenvalue weighted by atomic mass is 9.92. The van der Waals surface area contributed by atoms with Gasteiger partial charge in [-0.05, 0) is 39.4 Å². The highest BCUT2D eigenvalue weighted by molar-refractivity contribution is 6.33. The van der Waals surface area contributed by atoms with E-state index in [9.17, 15) is 4.79 Å². The number of nitrogens with two attached hydrogens (primary N) is 1. The Balaban J connectivity index is 2.01. The number of hydrogen-bond acceptors (Lipinski definition) is 4. The van der Waals surface area contributed by atoms with Crippen LogP contribution in [0, 0.1) is 0 Å². The van der Waals surface area contributed by atoms with E-state index in [-0.39, 0.29) is 11.4 Å². The summed E-state index contributed by atoms with van der Waals surface area (Å²) in [5, 5.41) is 3.34. The number of benzene rings is 1. The van der Waals surface area contributed by atoms with Crippen molar-refractivity contribution in [2.75, 3.05) is 33.5 Å². The van der Waals surface area contributed by atoms with Crippen LogP contribution in [0.5, 0.6) is 5.75 Å². The van der Waals surface area contributed by atoms with Gasteiger partial charge < -0.3 is 20.7 Å². The summed E-state index contributed by atoms with van der Waals surface area (Å²) < 4.78 is 5.23. The Morgan fingerprint density at radius 1 is 1.39 bits per heavy atom. The molecule has 3 N–H and O–H groups in total. The molecule has 0 bridgehead atoms. The molecule has 23 heavy (non-hydrogen) atoms. The van der Waals surface area contributed by atoms with Crippen LogP contribution in [0.25, 0.3) is 0 Å². The first kappa shape index (κ1) is 17.9. The van der Waals surface area contributed by atoms with Crippen molar-refractivity contribution >= 4 is 23.2 Å². The number of ether oxygens (including phenoxy) is 1. The lowest BCUT2D eigenvalue weighted by Crippen LogP contribution is -2.44. The quantitative estimate of drug-likeness (QED) is 0.782. The summed E-state index contributed by atoms with van der Waals surface area (Å²) in [7, 11) is 5.75. The van der Waals surface area contributed by atoms with Crippen LogP contribution >= 0.6 is 11.6 Å². The summed E-state index contributed by atoms with van der Waals surface area (Å²) >= 11 is 6.02. The maximum Gasteiger partial charge on any atom is 0.255 e. The maximum absolute atomic E-state index is 12.4. The van der Waals surface area contributed by atoms with Gasteiger partial charge in [0.05, 0.1) is 23.4 Å². The molecule has 0 saturated heterocycles. The molecule has 0 spiro atoms. The molecule has 128 valence electrons. The second-order valence-corrected chi connectivity index (χ2v) is 6.81. The van der Waals surface area contributed by atoms with Crippen LogP contribution in [0.15, 0.2) is 12.1 Å². The largest absolute Gasteiger partial charge is 0.496 e. The van der Waals surface area contributed by atoms with Crippen LogP contribution in [-0.4, -0.2) is 44.1 Å². The number of carbonyl (C=O) groups is 1. The lowest BCUT2D eigenvalue weighted by molar-refractivity contribution is 0.0931.